The van der Waals surface area contributed by atoms with Gasteiger partial charge in [-0.15, -0.1) is 0 Å². The maximum Gasteiger partial charge on any atom is 0.227 e. The number of hydrogen-bond donors (Lipinski definition) is 0. The molecule has 2 fully saturated rings. The fourth-order valence-corrected chi connectivity index (χ4v) is 4.22. The minimum absolute atomic E-state index is 0.245. The van der Waals surface area contributed by atoms with Crippen LogP contribution in [0.2, 0.25) is 0 Å². The van der Waals surface area contributed by atoms with E-state index in [1.165, 1.54) is 5.56 Å². The monoisotopic (exact) mass is 324 g/mol. The molecule has 24 heavy (non-hydrogen) atoms. The zero-order valence-corrected chi connectivity index (χ0v) is 14.1. The van der Waals surface area contributed by atoms with Crippen LogP contribution in [0.3, 0.4) is 0 Å². The Balaban J connectivity index is 1.47. The number of carbonyl (C=O) groups is 1. The smallest absolute Gasteiger partial charge is 0.227 e. The molecule has 0 aliphatic carbocycles. The molecule has 0 bridgehead atoms. The molecule has 5 heteroatoms. The Hall–Kier alpha value is -2.14. The molecule has 126 valence electrons. The van der Waals surface area contributed by atoms with Crippen LogP contribution in [0.15, 0.2) is 42.7 Å². The van der Waals surface area contributed by atoms with Gasteiger partial charge in [-0.05, 0) is 24.8 Å². The van der Waals surface area contributed by atoms with Crippen molar-refractivity contribution in [3.8, 4) is 0 Å². The average Bonchev–Trinajstić information content (AvgIpc) is 3.20. The molecule has 5 nitrogen and oxygen atoms in total. The summed E-state index contributed by atoms with van der Waals surface area (Å²) in [6.07, 6.45) is 7.51. The SMILES string of the molecule is Cn1cc(N2C(=O)CC[C@@H]3[C@H]2CCN3CCc2ccccc2)cn1. The fourth-order valence-electron chi connectivity index (χ4n) is 4.22. The number of nitrogens with zero attached hydrogens (tertiary/aromatic N) is 4. The summed E-state index contributed by atoms with van der Waals surface area (Å²) in [7, 11) is 1.90. The van der Waals surface area contributed by atoms with Gasteiger partial charge in [0.1, 0.15) is 0 Å². The van der Waals surface area contributed by atoms with Crippen LogP contribution in [-0.4, -0.2) is 45.8 Å². The van der Waals surface area contributed by atoms with Gasteiger partial charge in [0.05, 0.1) is 17.9 Å². The van der Waals surface area contributed by atoms with Crippen molar-refractivity contribution in [2.75, 3.05) is 18.0 Å². The highest BCUT2D eigenvalue weighted by Crippen LogP contribution is 2.34. The zero-order valence-electron chi connectivity index (χ0n) is 14.1. The van der Waals surface area contributed by atoms with Crippen molar-refractivity contribution in [1.29, 1.82) is 0 Å². The minimum atomic E-state index is 0.245. The number of hydrogen-bond acceptors (Lipinski definition) is 3. The standard InChI is InChI=1S/C19H24N4O/c1-21-14-16(13-20-21)23-18-10-12-22(17(18)7-8-19(23)24)11-9-15-5-3-2-4-6-15/h2-6,13-14,17-18H,7-12H2,1H3/t17-,18-/m1/s1. The van der Waals surface area contributed by atoms with Gasteiger partial charge in [0.15, 0.2) is 0 Å². The molecular weight excluding hydrogens is 300 g/mol. The summed E-state index contributed by atoms with van der Waals surface area (Å²) < 4.78 is 1.77. The number of likely N-dealkylation sites (tertiary alicyclic amines) is 1. The Morgan fingerprint density at radius 1 is 1.17 bits per heavy atom. The molecule has 0 N–H and O–H groups in total. The van der Waals surface area contributed by atoms with E-state index < -0.39 is 0 Å². The topological polar surface area (TPSA) is 41.4 Å². The van der Waals surface area contributed by atoms with Crippen LogP contribution in [0, 0.1) is 0 Å². The van der Waals surface area contributed by atoms with Gasteiger partial charge >= 0.3 is 0 Å². The summed E-state index contributed by atoms with van der Waals surface area (Å²) in [5, 5.41) is 4.24. The number of fused-ring (bicyclic) bond motifs is 1. The number of piperidine rings is 1. The molecule has 3 heterocycles. The van der Waals surface area contributed by atoms with Crippen molar-refractivity contribution in [2.24, 2.45) is 7.05 Å². The Bertz CT molecular complexity index is 711. The first-order chi connectivity index (χ1) is 11.7. The van der Waals surface area contributed by atoms with E-state index in [9.17, 15) is 4.79 Å². The number of amides is 1. The van der Waals surface area contributed by atoms with Gasteiger partial charge in [-0.2, -0.15) is 5.10 Å². The lowest BCUT2D eigenvalue weighted by molar-refractivity contribution is -0.120. The second-order valence-electron chi connectivity index (χ2n) is 6.87. The first kappa shape index (κ1) is 15.4. The molecule has 0 unspecified atom stereocenters. The molecule has 2 aromatic rings. The van der Waals surface area contributed by atoms with Gasteiger partial charge in [0.25, 0.3) is 0 Å². The number of aryl methyl sites for hydroxylation is 1. The van der Waals surface area contributed by atoms with Gasteiger partial charge in [0, 0.05) is 38.8 Å². The fraction of sp³-hybridized carbons (Fsp3) is 0.474. The zero-order chi connectivity index (χ0) is 16.5. The lowest BCUT2D eigenvalue weighted by Gasteiger charge is -2.39. The van der Waals surface area contributed by atoms with Crippen LogP contribution >= 0.6 is 0 Å². The third kappa shape index (κ3) is 2.84. The molecule has 2 aliphatic rings. The maximum absolute atomic E-state index is 12.5. The largest absolute Gasteiger partial charge is 0.305 e. The first-order valence-corrected chi connectivity index (χ1v) is 8.81. The molecule has 1 aromatic heterocycles. The van der Waals surface area contributed by atoms with Crippen LogP contribution in [0.4, 0.5) is 5.69 Å². The van der Waals surface area contributed by atoms with Gasteiger partial charge < -0.3 is 4.90 Å². The Kier molecular flexibility index (Phi) is 4.10. The predicted molar refractivity (Wildman–Crippen MR) is 93.8 cm³/mol. The van der Waals surface area contributed by atoms with E-state index in [4.69, 9.17) is 0 Å². The second kappa shape index (κ2) is 6.40. The highest BCUT2D eigenvalue weighted by molar-refractivity contribution is 5.94. The lowest BCUT2D eigenvalue weighted by Crippen LogP contribution is -2.52. The number of benzene rings is 1. The molecule has 4 rings (SSSR count). The first-order valence-electron chi connectivity index (χ1n) is 8.81. The summed E-state index contributed by atoms with van der Waals surface area (Å²) >= 11 is 0. The molecule has 2 saturated heterocycles. The van der Waals surface area contributed by atoms with Gasteiger partial charge in [-0.3, -0.25) is 14.4 Å². The van der Waals surface area contributed by atoms with Crippen molar-refractivity contribution in [1.82, 2.24) is 14.7 Å². The number of rotatable bonds is 4. The van der Waals surface area contributed by atoms with Crippen LogP contribution < -0.4 is 4.90 Å². The van der Waals surface area contributed by atoms with E-state index in [1.807, 2.05) is 24.3 Å². The highest BCUT2D eigenvalue weighted by Gasteiger charge is 2.43. The third-order valence-corrected chi connectivity index (χ3v) is 5.38. The molecule has 0 radical (unpaired) electrons. The Morgan fingerprint density at radius 3 is 2.75 bits per heavy atom. The number of anilines is 1. The average molecular weight is 324 g/mol. The summed E-state index contributed by atoms with van der Waals surface area (Å²) in [5.74, 6) is 0.245. The summed E-state index contributed by atoms with van der Waals surface area (Å²) in [5.41, 5.74) is 2.33. The van der Waals surface area contributed by atoms with Crippen LogP contribution in [0.1, 0.15) is 24.8 Å². The summed E-state index contributed by atoms with van der Waals surface area (Å²) in [6.45, 7) is 2.15. The minimum Gasteiger partial charge on any atom is -0.305 e. The molecule has 1 amide bonds. The van der Waals surface area contributed by atoms with Crippen molar-refractivity contribution in [2.45, 2.75) is 37.8 Å². The second-order valence-corrected chi connectivity index (χ2v) is 6.87. The van der Waals surface area contributed by atoms with Crippen molar-refractivity contribution in [3.05, 3.63) is 48.3 Å². The third-order valence-electron chi connectivity index (χ3n) is 5.38. The molecule has 0 saturated carbocycles. The van der Waals surface area contributed by atoms with Gasteiger partial charge in [-0.25, -0.2) is 0 Å². The van der Waals surface area contributed by atoms with E-state index >= 15 is 0 Å². The quantitative estimate of drug-likeness (QED) is 0.866. The van der Waals surface area contributed by atoms with Gasteiger partial charge in [0.2, 0.25) is 5.91 Å². The van der Waals surface area contributed by atoms with E-state index in [0.717, 1.165) is 38.0 Å². The van der Waals surface area contributed by atoms with E-state index in [1.54, 1.807) is 4.68 Å². The molecule has 1 aromatic carbocycles. The number of aromatic nitrogens is 2. The Labute approximate surface area is 142 Å². The maximum atomic E-state index is 12.5. The summed E-state index contributed by atoms with van der Waals surface area (Å²) in [4.78, 5) is 17.1. The van der Waals surface area contributed by atoms with Crippen LogP contribution in [0.5, 0.6) is 0 Å². The van der Waals surface area contributed by atoms with Crippen LogP contribution in [0.25, 0.3) is 0 Å². The number of carbonyl (C=O) groups excluding carboxylic acids is 1. The van der Waals surface area contributed by atoms with Gasteiger partial charge in [-0.1, -0.05) is 30.3 Å². The van der Waals surface area contributed by atoms with E-state index in [2.05, 4.69) is 40.3 Å². The molecule has 0 spiro atoms. The van der Waals surface area contributed by atoms with Crippen LogP contribution in [-0.2, 0) is 18.3 Å². The normalized spacial score (nSPS) is 24.4. The van der Waals surface area contributed by atoms with E-state index in [-0.39, 0.29) is 5.91 Å². The van der Waals surface area contributed by atoms with Crippen molar-refractivity contribution >= 4 is 11.6 Å². The molecule has 2 atom stereocenters. The molecular formula is C19H24N4O. The highest BCUT2D eigenvalue weighted by atomic mass is 16.2. The van der Waals surface area contributed by atoms with E-state index in [0.29, 0.717) is 18.5 Å². The van der Waals surface area contributed by atoms with Crippen molar-refractivity contribution < 1.29 is 4.79 Å². The predicted octanol–water partition coefficient (Wildman–Crippen LogP) is 2.23. The van der Waals surface area contributed by atoms with Crippen molar-refractivity contribution in [3.63, 3.8) is 0 Å². The molecule has 2 aliphatic heterocycles. The Morgan fingerprint density at radius 2 is 2.00 bits per heavy atom. The summed E-state index contributed by atoms with van der Waals surface area (Å²) in [6, 6.07) is 11.4. The lowest BCUT2D eigenvalue weighted by atomic mass is 9.95.